The second-order valence-corrected chi connectivity index (χ2v) is 10.4. The molecule has 1 N–H and O–H groups in total. The van der Waals surface area contributed by atoms with E-state index < -0.39 is 0 Å². The number of rotatable bonds is 9. The van der Waals surface area contributed by atoms with Crippen LogP contribution in [0.1, 0.15) is 36.5 Å². The monoisotopic (exact) mass is 526 g/mol. The van der Waals surface area contributed by atoms with Crippen LogP contribution in [0.25, 0.3) is 6.08 Å². The van der Waals surface area contributed by atoms with Crippen molar-refractivity contribution < 1.29 is 23.8 Å². The molecule has 1 atom stereocenters. The van der Waals surface area contributed by atoms with Crippen molar-refractivity contribution in [2.75, 3.05) is 31.7 Å². The van der Waals surface area contributed by atoms with Gasteiger partial charge in [-0.2, -0.15) is 0 Å². The van der Waals surface area contributed by atoms with E-state index in [0.29, 0.717) is 33.9 Å². The zero-order valence-electron chi connectivity index (χ0n) is 20.7. The predicted molar refractivity (Wildman–Crippen MR) is 147 cm³/mol. The largest absolute Gasteiger partial charge is 0.490 e. The molecular formula is C27H30N2O5S2. The summed E-state index contributed by atoms with van der Waals surface area (Å²) in [5.41, 5.74) is 3.66. The van der Waals surface area contributed by atoms with E-state index in [4.69, 9.17) is 26.4 Å². The summed E-state index contributed by atoms with van der Waals surface area (Å²) in [4.78, 5) is 27.6. The van der Waals surface area contributed by atoms with E-state index in [-0.39, 0.29) is 24.5 Å². The van der Waals surface area contributed by atoms with E-state index in [1.54, 1.807) is 23.1 Å². The van der Waals surface area contributed by atoms with Crippen LogP contribution in [0.3, 0.4) is 0 Å². The Morgan fingerprint density at radius 2 is 2.06 bits per heavy atom. The number of carbonyl (C=O) groups excluding carboxylic acids is 2. The van der Waals surface area contributed by atoms with Gasteiger partial charge in [-0.05, 0) is 69.0 Å². The summed E-state index contributed by atoms with van der Waals surface area (Å²) in [6.07, 6.45) is 3.79. The summed E-state index contributed by atoms with van der Waals surface area (Å²) < 4.78 is 17.7. The first-order valence-corrected chi connectivity index (χ1v) is 13.2. The number of nitrogens with zero attached hydrogens (tertiary/aromatic N) is 1. The molecule has 36 heavy (non-hydrogen) atoms. The number of thioether (sulfide) groups is 1. The lowest BCUT2D eigenvalue weighted by molar-refractivity contribution is -0.123. The number of hydrogen-bond donors (Lipinski definition) is 1. The highest BCUT2D eigenvalue weighted by Gasteiger charge is 2.34. The summed E-state index contributed by atoms with van der Waals surface area (Å²) in [6.45, 7) is 7.33. The fraction of sp³-hybridized carbons (Fsp3) is 0.370. The molecule has 2 fully saturated rings. The maximum absolute atomic E-state index is 12.9. The number of carbonyl (C=O) groups is 2. The molecule has 2 aliphatic heterocycles. The molecule has 9 heteroatoms. The second kappa shape index (κ2) is 11.9. The van der Waals surface area contributed by atoms with Gasteiger partial charge in [-0.3, -0.25) is 14.5 Å². The number of benzene rings is 2. The van der Waals surface area contributed by atoms with E-state index in [0.717, 1.165) is 41.8 Å². The van der Waals surface area contributed by atoms with Crippen LogP contribution < -0.4 is 14.8 Å². The molecule has 7 nitrogen and oxygen atoms in total. The standard InChI is InChI=1S/C27H30N2O5S2/c1-4-32-23-13-19(14-24-26(31)29(27(35)36-24)15-20-6-5-11-33-20)8-10-22(23)34-16-25(30)28-21-9-7-17(2)12-18(21)3/h7-10,12-14,20H,4-6,11,15-16H2,1-3H3,(H,28,30)/b24-14-/t20-/m0/s1. The predicted octanol–water partition coefficient (Wildman–Crippen LogP) is 5.10. The lowest BCUT2D eigenvalue weighted by Crippen LogP contribution is -2.35. The summed E-state index contributed by atoms with van der Waals surface area (Å²) in [5, 5.41) is 2.88. The molecule has 0 spiro atoms. The van der Waals surface area contributed by atoms with Gasteiger partial charge in [-0.1, -0.05) is 47.7 Å². The van der Waals surface area contributed by atoms with Gasteiger partial charge in [0.05, 0.1) is 24.2 Å². The van der Waals surface area contributed by atoms with Crippen molar-refractivity contribution in [2.24, 2.45) is 0 Å². The van der Waals surface area contributed by atoms with Crippen LogP contribution in [-0.4, -0.2) is 53.5 Å². The van der Waals surface area contributed by atoms with Crippen LogP contribution in [0.15, 0.2) is 41.3 Å². The van der Waals surface area contributed by atoms with Gasteiger partial charge >= 0.3 is 0 Å². The third kappa shape index (κ3) is 6.46. The van der Waals surface area contributed by atoms with Crippen LogP contribution in [0.5, 0.6) is 11.5 Å². The Hall–Kier alpha value is -2.88. The average molecular weight is 527 g/mol. The third-order valence-corrected chi connectivity index (χ3v) is 7.24. The number of amides is 2. The van der Waals surface area contributed by atoms with Gasteiger partial charge in [0.15, 0.2) is 18.1 Å². The minimum Gasteiger partial charge on any atom is -0.490 e. The normalized spacial score (nSPS) is 18.7. The average Bonchev–Trinajstić information content (AvgIpc) is 3.45. The van der Waals surface area contributed by atoms with E-state index in [1.165, 1.54) is 11.8 Å². The van der Waals surface area contributed by atoms with Crippen LogP contribution in [-0.2, 0) is 14.3 Å². The van der Waals surface area contributed by atoms with Gasteiger partial charge in [0, 0.05) is 12.3 Å². The Bertz CT molecular complexity index is 1190. The molecule has 0 aliphatic carbocycles. The van der Waals surface area contributed by atoms with Gasteiger partial charge in [0.2, 0.25) is 0 Å². The molecule has 2 aliphatic rings. The van der Waals surface area contributed by atoms with Crippen LogP contribution in [0, 0.1) is 13.8 Å². The minimum absolute atomic E-state index is 0.0416. The molecule has 2 saturated heterocycles. The number of hydrogen-bond acceptors (Lipinski definition) is 7. The van der Waals surface area contributed by atoms with Crippen molar-refractivity contribution in [1.82, 2.24) is 4.90 Å². The van der Waals surface area contributed by atoms with Crippen LogP contribution in [0.2, 0.25) is 0 Å². The molecule has 0 unspecified atom stereocenters. The van der Waals surface area contributed by atoms with E-state index >= 15 is 0 Å². The molecule has 0 radical (unpaired) electrons. The quantitative estimate of drug-likeness (QED) is 0.360. The fourth-order valence-electron chi connectivity index (χ4n) is 4.09. The van der Waals surface area contributed by atoms with Crippen molar-refractivity contribution in [3.05, 3.63) is 58.0 Å². The molecule has 2 aromatic carbocycles. The maximum Gasteiger partial charge on any atom is 0.266 e. The maximum atomic E-state index is 12.9. The lowest BCUT2D eigenvalue weighted by atomic mass is 10.1. The van der Waals surface area contributed by atoms with Crippen molar-refractivity contribution in [3.63, 3.8) is 0 Å². The zero-order valence-corrected chi connectivity index (χ0v) is 22.3. The van der Waals surface area contributed by atoms with E-state index in [9.17, 15) is 9.59 Å². The van der Waals surface area contributed by atoms with Crippen molar-refractivity contribution in [3.8, 4) is 11.5 Å². The van der Waals surface area contributed by atoms with Gasteiger partial charge < -0.3 is 19.5 Å². The fourth-order valence-corrected chi connectivity index (χ4v) is 5.36. The van der Waals surface area contributed by atoms with Gasteiger partial charge in [-0.15, -0.1) is 0 Å². The Kier molecular flexibility index (Phi) is 8.66. The first kappa shape index (κ1) is 26.2. The highest BCUT2D eigenvalue weighted by atomic mass is 32.2. The molecule has 0 bridgehead atoms. The van der Waals surface area contributed by atoms with Gasteiger partial charge in [0.1, 0.15) is 4.32 Å². The van der Waals surface area contributed by atoms with Gasteiger partial charge in [-0.25, -0.2) is 0 Å². The third-order valence-electron chi connectivity index (χ3n) is 5.86. The Balaban J connectivity index is 1.42. The first-order valence-electron chi connectivity index (χ1n) is 12.0. The molecule has 4 rings (SSSR count). The molecule has 2 amide bonds. The number of anilines is 1. The van der Waals surface area contributed by atoms with Crippen LogP contribution in [0.4, 0.5) is 5.69 Å². The van der Waals surface area contributed by atoms with Crippen molar-refractivity contribution in [1.29, 1.82) is 0 Å². The smallest absolute Gasteiger partial charge is 0.266 e. The van der Waals surface area contributed by atoms with Crippen LogP contribution >= 0.6 is 24.0 Å². The summed E-state index contributed by atoms with van der Waals surface area (Å²) in [5.74, 6) is 0.585. The van der Waals surface area contributed by atoms with Crippen molar-refractivity contribution in [2.45, 2.75) is 39.7 Å². The molecule has 2 heterocycles. The first-order chi connectivity index (χ1) is 17.3. The second-order valence-electron chi connectivity index (χ2n) is 8.72. The van der Waals surface area contributed by atoms with E-state index in [2.05, 4.69) is 5.32 Å². The topological polar surface area (TPSA) is 77.1 Å². The summed E-state index contributed by atoms with van der Waals surface area (Å²) >= 11 is 6.73. The number of ether oxygens (including phenoxy) is 3. The number of nitrogens with one attached hydrogen (secondary N) is 1. The number of aryl methyl sites for hydroxylation is 2. The molecular weight excluding hydrogens is 496 g/mol. The Morgan fingerprint density at radius 3 is 2.78 bits per heavy atom. The Morgan fingerprint density at radius 1 is 1.22 bits per heavy atom. The van der Waals surface area contributed by atoms with Crippen molar-refractivity contribution >= 4 is 51.9 Å². The number of thiocarbonyl (C=S) groups is 1. The summed E-state index contributed by atoms with van der Waals surface area (Å²) in [6, 6.07) is 11.2. The highest BCUT2D eigenvalue weighted by molar-refractivity contribution is 8.26. The zero-order chi connectivity index (χ0) is 25.7. The molecule has 2 aromatic rings. The highest BCUT2D eigenvalue weighted by Crippen LogP contribution is 2.35. The molecule has 0 aromatic heterocycles. The Labute approximate surface area is 221 Å². The lowest BCUT2D eigenvalue weighted by Gasteiger charge is -2.18. The SMILES string of the molecule is CCOc1cc(/C=C2\SC(=S)N(C[C@@H]3CCCO3)C2=O)ccc1OCC(=O)Nc1ccc(C)cc1C. The minimum atomic E-state index is -0.261. The summed E-state index contributed by atoms with van der Waals surface area (Å²) in [7, 11) is 0. The van der Waals surface area contributed by atoms with Gasteiger partial charge in [0.25, 0.3) is 11.8 Å². The van der Waals surface area contributed by atoms with E-state index in [1.807, 2.05) is 45.0 Å². The molecule has 0 saturated carbocycles. The molecule has 190 valence electrons.